The smallest absolute Gasteiger partial charge is 0.255 e. The lowest BCUT2D eigenvalue weighted by molar-refractivity contribution is 0.0736. The van der Waals surface area contributed by atoms with E-state index in [0.29, 0.717) is 17.5 Å². The predicted octanol–water partition coefficient (Wildman–Crippen LogP) is 3.09. The largest absolute Gasteiger partial charge is 0.494 e. The van der Waals surface area contributed by atoms with Crippen LogP contribution in [0.3, 0.4) is 0 Å². The van der Waals surface area contributed by atoms with Crippen molar-refractivity contribution in [1.29, 1.82) is 0 Å². The van der Waals surface area contributed by atoms with Crippen molar-refractivity contribution in [2.75, 3.05) is 32.8 Å². The number of carbonyl (C=O) groups is 1. The zero-order chi connectivity index (χ0) is 18.5. The Bertz CT molecular complexity index is 738. The van der Waals surface area contributed by atoms with Gasteiger partial charge in [0.15, 0.2) is 0 Å². The molecule has 5 heteroatoms. The molecule has 2 aromatic rings. The Morgan fingerprint density at radius 1 is 1.07 bits per heavy atom. The van der Waals surface area contributed by atoms with Gasteiger partial charge in [0.1, 0.15) is 5.75 Å². The number of pyridine rings is 1. The maximum Gasteiger partial charge on any atom is 0.255 e. The monoisotopic (exact) mass is 365 g/mol. The molecule has 27 heavy (non-hydrogen) atoms. The molecule has 2 atom stereocenters. The minimum Gasteiger partial charge on any atom is -0.494 e. The second-order valence-corrected chi connectivity index (χ2v) is 7.56. The first-order valence-corrected chi connectivity index (χ1v) is 9.91. The van der Waals surface area contributed by atoms with E-state index in [-0.39, 0.29) is 5.91 Å². The van der Waals surface area contributed by atoms with Crippen LogP contribution in [0.4, 0.5) is 0 Å². The normalized spacial score (nSPS) is 22.4. The lowest BCUT2D eigenvalue weighted by Gasteiger charge is -2.35. The molecular formula is C22H27N3O2. The van der Waals surface area contributed by atoms with Crippen molar-refractivity contribution >= 4 is 5.91 Å². The van der Waals surface area contributed by atoms with E-state index < -0.39 is 0 Å². The summed E-state index contributed by atoms with van der Waals surface area (Å²) in [6.07, 6.45) is 6.80. The number of hydrogen-bond acceptors (Lipinski definition) is 4. The summed E-state index contributed by atoms with van der Waals surface area (Å²) in [6.45, 7) is 4.54. The molecule has 3 fully saturated rings. The number of hydrogen-bond donors (Lipinski definition) is 0. The highest BCUT2D eigenvalue weighted by Gasteiger charge is 2.36. The molecule has 1 amide bonds. The van der Waals surface area contributed by atoms with Crippen LogP contribution in [0.25, 0.3) is 0 Å². The van der Waals surface area contributed by atoms with Crippen molar-refractivity contribution in [3.05, 3.63) is 60.4 Å². The summed E-state index contributed by atoms with van der Waals surface area (Å²) < 4.78 is 5.83. The van der Waals surface area contributed by atoms with Gasteiger partial charge in [0.25, 0.3) is 5.91 Å². The molecule has 0 spiro atoms. The van der Waals surface area contributed by atoms with Crippen LogP contribution >= 0.6 is 0 Å². The summed E-state index contributed by atoms with van der Waals surface area (Å²) in [5, 5.41) is 0. The van der Waals surface area contributed by atoms with Gasteiger partial charge < -0.3 is 9.64 Å². The third-order valence-electron chi connectivity index (χ3n) is 5.62. The summed E-state index contributed by atoms with van der Waals surface area (Å²) in [5.74, 6) is 1.62. The fraction of sp³-hybridized carbons (Fsp3) is 0.455. The lowest BCUT2D eigenvalue weighted by Crippen LogP contribution is -2.45. The standard InChI is InChI=1S/C22H27N3O2/c26-22(19-6-4-11-23-14-19)25-16-18-9-10-20(17-25)24(15-18)12-5-13-27-21-7-2-1-3-8-21/h1-4,6-8,11,14,18,20H,5,9-10,12-13,15-17H2/t18-,20-/m0/s1. The van der Waals surface area contributed by atoms with Crippen molar-refractivity contribution in [3.63, 3.8) is 0 Å². The number of rotatable bonds is 6. The minimum absolute atomic E-state index is 0.120. The Kier molecular flexibility index (Phi) is 5.68. The van der Waals surface area contributed by atoms with Gasteiger partial charge in [-0.15, -0.1) is 0 Å². The fourth-order valence-corrected chi connectivity index (χ4v) is 4.26. The Balaban J connectivity index is 1.31. The van der Waals surface area contributed by atoms with Crippen LogP contribution in [0.1, 0.15) is 29.6 Å². The summed E-state index contributed by atoms with van der Waals surface area (Å²) >= 11 is 0. The highest BCUT2D eigenvalue weighted by molar-refractivity contribution is 5.93. The molecule has 4 heterocycles. The molecule has 2 bridgehead atoms. The maximum absolute atomic E-state index is 12.8. The molecule has 142 valence electrons. The number of para-hydroxylation sites is 1. The number of piperidine rings is 1. The Morgan fingerprint density at radius 3 is 2.78 bits per heavy atom. The van der Waals surface area contributed by atoms with Gasteiger partial charge in [-0.2, -0.15) is 0 Å². The van der Waals surface area contributed by atoms with Crippen LogP contribution < -0.4 is 4.74 Å². The average molecular weight is 365 g/mol. The van der Waals surface area contributed by atoms with E-state index in [1.165, 1.54) is 12.8 Å². The third-order valence-corrected chi connectivity index (χ3v) is 5.62. The molecule has 3 aliphatic rings. The van der Waals surface area contributed by atoms with Gasteiger partial charge in [-0.1, -0.05) is 18.2 Å². The molecule has 5 nitrogen and oxygen atoms in total. The van der Waals surface area contributed by atoms with Crippen molar-refractivity contribution in [3.8, 4) is 5.75 Å². The Morgan fingerprint density at radius 2 is 1.96 bits per heavy atom. The van der Waals surface area contributed by atoms with Gasteiger partial charge >= 0.3 is 0 Å². The lowest BCUT2D eigenvalue weighted by atomic mass is 9.95. The molecule has 0 saturated carbocycles. The Labute approximate surface area is 161 Å². The highest BCUT2D eigenvalue weighted by atomic mass is 16.5. The van der Waals surface area contributed by atoms with E-state index in [0.717, 1.165) is 45.0 Å². The van der Waals surface area contributed by atoms with Gasteiger partial charge in [-0.05, 0) is 49.4 Å². The Hall–Kier alpha value is -2.40. The topological polar surface area (TPSA) is 45.7 Å². The van der Waals surface area contributed by atoms with Crippen LogP contribution in [-0.2, 0) is 0 Å². The molecule has 1 aromatic carbocycles. The molecule has 3 saturated heterocycles. The predicted molar refractivity (Wildman–Crippen MR) is 105 cm³/mol. The minimum atomic E-state index is 0.120. The first-order chi connectivity index (χ1) is 13.3. The van der Waals surface area contributed by atoms with Crippen LogP contribution in [0.5, 0.6) is 5.75 Å². The highest BCUT2D eigenvalue weighted by Crippen LogP contribution is 2.28. The van der Waals surface area contributed by atoms with Crippen molar-refractivity contribution in [2.45, 2.75) is 25.3 Å². The summed E-state index contributed by atoms with van der Waals surface area (Å²) in [6, 6.07) is 14.1. The second kappa shape index (κ2) is 8.53. The summed E-state index contributed by atoms with van der Waals surface area (Å²) in [7, 11) is 0. The molecule has 0 unspecified atom stereocenters. The molecule has 3 aliphatic heterocycles. The van der Waals surface area contributed by atoms with Gasteiger partial charge in [0, 0.05) is 44.6 Å². The molecule has 0 radical (unpaired) electrons. The number of nitrogens with zero attached hydrogens (tertiary/aromatic N) is 3. The van der Waals surface area contributed by atoms with E-state index >= 15 is 0 Å². The van der Waals surface area contributed by atoms with Crippen molar-refractivity contribution < 1.29 is 9.53 Å². The van der Waals surface area contributed by atoms with Gasteiger partial charge in [-0.25, -0.2) is 0 Å². The summed E-state index contributed by atoms with van der Waals surface area (Å²) in [4.78, 5) is 21.5. The zero-order valence-electron chi connectivity index (χ0n) is 15.7. The fourth-order valence-electron chi connectivity index (χ4n) is 4.26. The van der Waals surface area contributed by atoms with Crippen molar-refractivity contribution in [2.24, 2.45) is 5.92 Å². The maximum atomic E-state index is 12.8. The van der Waals surface area contributed by atoms with Crippen LogP contribution in [0, 0.1) is 5.92 Å². The molecular weight excluding hydrogens is 338 g/mol. The van der Waals surface area contributed by atoms with E-state index in [1.807, 2.05) is 47.4 Å². The van der Waals surface area contributed by atoms with E-state index in [9.17, 15) is 4.79 Å². The van der Waals surface area contributed by atoms with E-state index in [2.05, 4.69) is 9.88 Å². The SMILES string of the molecule is O=C(c1cccnc1)N1C[C@H]2CC[C@@H](C1)N(CCCOc1ccccc1)C2. The molecule has 0 aliphatic carbocycles. The van der Waals surface area contributed by atoms with Crippen molar-refractivity contribution in [1.82, 2.24) is 14.8 Å². The van der Waals surface area contributed by atoms with E-state index in [1.54, 1.807) is 12.4 Å². The summed E-state index contributed by atoms with van der Waals surface area (Å²) in [5.41, 5.74) is 0.696. The quantitative estimate of drug-likeness (QED) is 0.738. The number of fused-ring (bicyclic) bond motifs is 4. The third kappa shape index (κ3) is 4.48. The number of amides is 1. The van der Waals surface area contributed by atoms with Crippen LogP contribution in [-0.4, -0.2) is 59.5 Å². The average Bonchev–Trinajstić information content (AvgIpc) is 3.04. The molecule has 5 rings (SSSR count). The number of aromatic nitrogens is 1. The number of ether oxygens (including phenoxy) is 1. The van der Waals surface area contributed by atoms with Gasteiger partial charge in [0.2, 0.25) is 0 Å². The number of carbonyl (C=O) groups excluding carboxylic acids is 1. The van der Waals surface area contributed by atoms with Crippen LogP contribution in [0.15, 0.2) is 54.9 Å². The van der Waals surface area contributed by atoms with Gasteiger partial charge in [0.05, 0.1) is 12.2 Å². The molecule has 0 N–H and O–H groups in total. The molecule has 1 aromatic heterocycles. The number of benzene rings is 1. The van der Waals surface area contributed by atoms with Crippen LogP contribution in [0.2, 0.25) is 0 Å². The second-order valence-electron chi connectivity index (χ2n) is 7.56. The first-order valence-electron chi connectivity index (χ1n) is 9.91. The van der Waals surface area contributed by atoms with E-state index in [4.69, 9.17) is 4.74 Å². The first kappa shape index (κ1) is 18.0. The zero-order valence-corrected chi connectivity index (χ0v) is 15.7. The van der Waals surface area contributed by atoms with Gasteiger partial charge in [-0.3, -0.25) is 14.7 Å².